The van der Waals surface area contributed by atoms with Crippen molar-refractivity contribution in [3.8, 4) is 0 Å². The van der Waals surface area contributed by atoms with Gasteiger partial charge in [-0.05, 0) is 31.4 Å². The number of urea groups is 1. The first-order chi connectivity index (χ1) is 10.1. The van der Waals surface area contributed by atoms with Crippen LogP contribution in [0.3, 0.4) is 0 Å². The van der Waals surface area contributed by atoms with E-state index < -0.39 is 5.97 Å². The van der Waals surface area contributed by atoms with E-state index in [1.807, 2.05) is 15.7 Å². The molecule has 6 heteroatoms. The number of carbonyl (C=O) groups excluding carboxylic acids is 1. The maximum Gasteiger partial charge on any atom is 0.352 e. The summed E-state index contributed by atoms with van der Waals surface area (Å²) >= 11 is 0. The van der Waals surface area contributed by atoms with Gasteiger partial charge < -0.3 is 19.9 Å². The van der Waals surface area contributed by atoms with E-state index in [1.165, 1.54) is 0 Å². The van der Waals surface area contributed by atoms with Crippen molar-refractivity contribution in [2.24, 2.45) is 0 Å². The van der Waals surface area contributed by atoms with Crippen molar-refractivity contribution >= 4 is 12.0 Å². The minimum atomic E-state index is -0.903. The Hall–Kier alpha value is -1.98. The highest BCUT2D eigenvalue weighted by molar-refractivity contribution is 5.85. The lowest BCUT2D eigenvalue weighted by atomic mass is 10.0. The molecule has 2 heterocycles. The molecule has 1 aromatic heterocycles. The number of aromatic carboxylic acids is 1. The molecule has 1 aliphatic rings. The number of nitrogens with zero attached hydrogens (tertiary/aromatic N) is 2. The van der Waals surface area contributed by atoms with E-state index in [0.29, 0.717) is 18.8 Å². The van der Waals surface area contributed by atoms with Crippen molar-refractivity contribution in [1.82, 2.24) is 14.8 Å². The van der Waals surface area contributed by atoms with Gasteiger partial charge in [0.2, 0.25) is 0 Å². The summed E-state index contributed by atoms with van der Waals surface area (Å²) in [6.07, 6.45) is 5.44. The molecule has 0 aromatic carbocycles. The fourth-order valence-corrected chi connectivity index (χ4v) is 2.72. The normalized spacial score (nSPS) is 16.0. The van der Waals surface area contributed by atoms with Crippen LogP contribution < -0.4 is 5.32 Å². The number of hydrogen-bond acceptors (Lipinski definition) is 2. The van der Waals surface area contributed by atoms with Crippen molar-refractivity contribution in [3.63, 3.8) is 0 Å². The average Bonchev–Trinajstić information content (AvgIpc) is 2.97. The molecule has 0 atom stereocenters. The van der Waals surface area contributed by atoms with Gasteiger partial charge in [-0.25, -0.2) is 9.59 Å². The van der Waals surface area contributed by atoms with Crippen molar-refractivity contribution < 1.29 is 14.7 Å². The molecule has 0 aliphatic carbocycles. The number of amides is 2. The lowest BCUT2D eigenvalue weighted by molar-refractivity contribution is 0.0678. The number of likely N-dealkylation sites (tertiary alicyclic amines) is 1. The predicted molar refractivity (Wildman–Crippen MR) is 79.5 cm³/mol. The maximum absolute atomic E-state index is 12.0. The van der Waals surface area contributed by atoms with Gasteiger partial charge in [0.1, 0.15) is 5.69 Å². The molecule has 0 radical (unpaired) electrons. The quantitative estimate of drug-likeness (QED) is 0.818. The zero-order chi connectivity index (χ0) is 15.2. The van der Waals surface area contributed by atoms with E-state index >= 15 is 0 Å². The van der Waals surface area contributed by atoms with Crippen LogP contribution in [0.2, 0.25) is 0 Å². The standard InChI is InChI=1S/C15H23N3O3/c1-2-3-8-16-15(21)17-10-6-12(7-11-17)18-9-4-5-13(18)14(19)20/h4-5,9,12H,2-3,6-8,10-11H2,1H3,(H,16,21)(H,19,20). The Morgan fingerprint density at radius 1 is 1.38 bits per heavy atom. The van der Waals surface area contributed by atoms with Gasteiger partial charge in [0.15, 0.2) is 0 Å². The molecule has 0 saturated carbocycles. The van der Waals surface area contributed by atoms with Gasteiger partial charge in [0.25, 0.3) is 0 Å². The smallest absolute Gasteiger partial charge is 0.352 e. The van der Waals surface area contributed by atoms with Crippen LogP contribution in [-0.2, 0) is 0 Å². The Labute approximate surface area is 124 Å². The van der Waals surface area contributed by atoms with E-state index in [-0.39, 0.29) is 12.1 Å². The first kappa shape index (κ1) is 15.4. The van der Waals surface area contributed by atoms with Crippen molar-refractivity contribution in [3.05, 3.63) is 24.0 Å². The van der Waals surface area contributed by atoms with E-state index in [9.17, 15) is 9.59 Å². The number of piperidine rings is 1. The molecule has 2 rings (SSSR count). The maximum atomic E-state index is 12.0. The van der Waals surface area contributed by atoms with Crippen LogP contribution in [0.1, 0.15) is 49.1 Å². The summed E-state index contributed by atoms with van der Waals surface area (Å²) in [7, 11) is 0. The second-order valence-electron chi connectivity index (χ2n) is 5.41. The topological polar surface area (TPSA) is 74.6 Å². The Kier molecular flexibility index (Phi) is 5.25. The van der Waals surface area contributed by atoms with Crippen LogP contribution in [0.4, 0.5) is 4.79 Å². The van der Waals surface area contributed by atoms with Crippen molar-refractivity contribution in [2.45, 2.75) is 38.6 Å². The number of carbonyl (C=O) groups is 2. The molecule has 21 heavy (non-hydrogen) atoms. The lowest BCUT2D eigenvalue weighted by Gasteiger charge is -2.33. The largest absolute Gasteiger partial charge is 0.477 e. The van der Waals surface area contributed by atoms with Gasteiger partial charge in [-0.1, -0.05) is 13.3 Å². The second kappa shape index (κ2) is 7.15. The molecule has 1 saturated heterocycles. The van der Waals surface area contributed by atoms with E-state index in [4.69, 9.17) is 5.11 Å². The average molecular weight is 293 g/mol. The molecule has 1 aromatic rings. The molecule has 0 unspecified atom stereocenters. The zero-order valence-corrected chi connectivity index (χ0v) is 12.4. The summed E-state index contributed by atoms with van der Waals surface area (Å²) in [6.45, 7) is 4.14. The summed E-state index contributed by atoms with van der Waals surface area (Å²) in [4.78, 5) is 24.9. The minimum Gasteiger partial charge on any atom is -0.477 e. The minimum absolute atomic E-state index is 0.00661. The molecule has 116 valence electrons. The van der Waals surface area contributed by atoms with Crippen LogP contribution >= 0.6 is 0 Å². The number of carboxylic acids is 1. The van der Waals surface area contributed by atoms with Crippen molar-refractivity contribution in [2.75, 3.05) is 19.6 Å². The zero-order valence-electron chi connectivity index (χ0n) is 12.4. The lowest BCUT2D eigenvalue weighted by Crippen LogP contribution is -2.45. The third-order valence-electron chi connectivity index (χ3n) is 3.95. The van der Waals surface area contributed by atoms with Crippen LogP contribution in [0.15, 0.2) is 18.3 Å². The fourth-order valence-electron chi connectivity index (χ4n) is 2.72. The van der Waals surface area contributed by atoms with Gasteiger partial charge in [-0.15, -0.1) is 0 Å². The fraction of sp³-hybridized carbons (Fsp3) is 0.600. The highest BCUT2D eigenvalue weighted by Crippen LogP contribution is 2.24. The Bertz CT molecular complexity index is 490. The van der Waals surface area contributed by atoms with Gasteiger partial charge >= 0.3 is 12.0 Å². The summed E-state index contributed by atoms with van der Waals surface area (Å²) in [5, 5.41) is 12.1. The number of unbranched alkanes of at least 4 members (excludes halogenated alkanes) is 1. The number of carboxylic acid groups (broad SMARTS) is 1. The number of rotatable bonds is 5. The first-order valence-corrected chi connectivity index (χ1v) is 7.56. The number of hydrogen-bond donors (Lipinski definition) is 2. The highest BCUT2D eigenvalue weighted by atomic mass is 16.4. The Morgan fingerprint density at radius 3 is 2.71 bits per heavy atom. The summed E-state index contributed by atoms with van der Waals surface area (Å²) in [5.74, 6) is -0.903. The van der Waals surface area contributed by atoms with E-state index in [2.05, 4.69) is 12.2 Å². The molecule has 1 fully saturated rings. The Balaban J connectivity index is 1.87. The molecule has 0 bridgehead atoms. The molecule has 1 aliphatic heterocycles. The molecule has 2 N–H and O–H groups in total. The van der Waals surface area contributed by atoms with Gasteiger partial charge in [-0.2, -0.15) is 0 Å². The number of aromatic nitrogens is 1. The van der Waals surface area contributed by atoms with Crippen LogP contribution in [0.25, 0.3) is 0 Å². The predicted octanol–water partition coefficient (Wildman–Crippen LogP) is 2.33. The van der Waals surface area contributed by atoms with E-state index in [1.54, 1.807) is 12.1 Å². The van der Waals surface area contributed by atoms with Crippen LogP contribution in [0, 0.1) is 0 Å². The SMILES string of the molecule is CCCCNC(=O)N1CCC(n2cccc2C(=O)O)CC1. The van der Waals surface area contributed by atoms with Gasteiger partial charge in [0.05, 0.1) is 0 Å². The van der Waals surface area contributed by atoms with Crippen LogP contribution in [0.5, 0.6) is 0 Å². The monoisotopic (exact) mass is 293 g/mol. The van der Waals surface area contributed by atoms with Crippen molar-refractivity contribution in [1.29, 1.82) is 0 Å². The molecule has 6 nitrogen and oxygen atoms in total. The highest BCUT2D eigenvalue weighted by Gasteiger charge is 2.25. The number of nitrogens with one attached hydrogen (secondary N) is 1. The van der Waals surface area contributed by atoms with Crippen LogP contribution in [-0.4, -0.2) is 46.2 Å². The van der Waals surface area contributed by atoms with Gasteiger partial charge in [-0.3, -0.25) is 0 Å². The third kappa shape index (κ3) is 3.77. The third-order valence-corrected chi connectivity index (χ3v) is 3.95. The first-order valence-electron chi connectivity index (χ1n) is 7.56. The molecular formula is C15H23N3O3. The summed E-state index contributed by atoms with van der Waals surface area (Å²) < 4.78 is 1.81. The van der Waals surface area contributed by atoms with E-state index in [0.717, 1.165) is 32.2 Å². The molecular weight excluding hydrogens is 270 g/mol. The van der Waals surface area contributed by atoms with Gasteiger partial charge in [0, 0.05) is 31.9 Å². The summed E-state index contributed by atoms with van der Waals surface area (Å²) in [6, 6.07) is 3.53. The Morgan fingerprint density at radius 2 is 2.10 bits per heavy atom. The second-order valence-corrected chi connectivity index (χ2v) is 5.41. The summed E-state index contributed by atoms with van der Waals surface area (Å²) in [5.41, 5.74) is 0.320. The molecule has 0 spiro atoms. The molecule has 2 amide bonds.